The highest BCUT2D eigenvalue weighted by Gasteiger charge is 2.46. The fraction of sp³-hybridized carbons (Fsp3) is 0.458. The normalized spacial score (nSPS) is 20.3. The Morgan fingerprint density at radius 1 is 1.24 bits per heavy atom. The molecule has 0 saturated heterocycles. The average Bonchev–Trinajstić information content (AvgIpc) is 3.35. The Kier molecular flexibility index (Phi) is 5.62. The molecule has 2 amide bonds. The Labute approximate surface area is 215 Å². The van der Waals surface area contributed by atoms with E-state index in [1.165, 1.54) is 11.3 Å². The number of halogens is 2. The lowest BCUT2D eigenvalue weighted by Crippen LogP contribution is -2.50. The molecular weight excluding hydrogens is 502 g/mol. The van der Waals surface area contributed by atoms with Crippen LogP contribution >= 0.6 is 11.3 Å². The van der Waals surface area contributed by atoms with Gasteiger partial charge < -0.3 is 16.0 Å². The molecule has 0 aliphatic heterocycles. The maximum Gasteiger partial charge on any atom is 0.254 e. The van der Waals surface area contributed by atoms with Gasteiger partial charge in [0.25, 0.3) is 11.8 Å². The number of alkyl halides is 2. The van der Waals surface area contributed by atoms with E-state index in [-0.39, 0.29) is 30.7 Å². The lowest BCUT2D eigenvalue weighted by Gasteiger charge is -2.35. The first kappa shape index (κ1) is 23.8. The number of hydrogen-bond donors (Lipinski definition) is 3. The van der Waals surface area contributed by atoms with E-state index < -0.39 is 17.9 Å². The van der Waals surface area contributed by atoms with Crippen LogP contribution in [0.1, 0.15) is 58.2 Å². The summed E-state index contributed by atoms with van der Waals surface area (Å²) in [5.74, 6) is -2.06. The molecule has 0 radical (unpaired) electrons. The molecule has 194 valence electrons. The predicted molar refractivity (Wildman–Crippen MR) is 134 cm³/mol. The second-order valence-corrected chi connectivity index (χ2v) is 11.0. The van der Waals surface area contributed by atoms with Crippen molar-refractivity contribution in [3.63, 3.8) is 0 Å². The fourth-order valence-electron chi connectivity index (χ4n) is 4.81. The maximum atomic E-state index is 13.4. The number of hydrogen-bond acceptors (Lipinski definition) is 7. The Morgan fingerprint density at radius 2 is 2.03 bits per heavy atom. The number of aryl methyl sites for hydroxylation is 2. The van der Waals surface area contributed by atoms with Crippen molar-refractivity contribution in [1.82, 2.24) is 29.9 Å². The van der Waals surface area contributed by atoms with Crippen molar-refractivity contribution in [1.29, 1.82) is 0 Å². The molecule has 3 heterocycles. The van der Waals surface area contributed by atoms with E-state index in [4.69, 9.17) is 0 Å². The van der Waals surface area contributed by atoms with Crippen LogP contribution in [0.5, 0.6) is 0 Å². The van der Waals surface area contributed by atoms with E-state index in [1.54, 1.807) is 11.0 Å². The SMILES string of the molecule is Cc1cc(Nc2nncn2C2C=Cc3sc(NC(=O)C4CC4)c(C(=O)NC4CC(F)(F)C4)c3C2)n(C)n1. The summed E-state index contributed by atoms with van der Waals surface area (Å²) in [6, 6.07) is 1.10. The highest BCUT2D eigenvalue weighted by atomic mass is 32.1. The van der Waals surface area contributed by atoms with E-state index >= 15 is 0 Å². The zero-order chi connectivity index (χ0) is 25.9. The lowest BCUT2D eigenvalue weighted by atomic mass is 9.87. The van der Waals surface area contributed by atoms with Crippen LogP contribution in [0.4, 0.5) is 25.5 Å². The molecule has 1 atom stereocenters. The minimum Gasteiger partial charge on any atom is -0.349 e. The maximum absolute atomic E-state index is 13.4. The second-order valence-electron chi connectivity index (χ2n) is 9.96. The third kappa shape index (κ3) is 4.63. The summed E-state index contributed by atoms with van der Waals surface area (Å²) in [6.07, 6.45) is 6.90. The number of nitrogens with one attached hydrogen (secondary N) is 3. The van der Waals surface area contributed by atoms with Crippen molar-refractivity contribution < 1.29 is 18.4 Å². The van der Waals surface area contributed by atoms with Crippen LogP contribution in [0, 0.1) is 12.8 Å². The van der Waals surface area contributed by atoms with Crippen LogP contribution in [-0.4, -0.2) is 48.3 Å². The van der Waals surface area contributed by atoms with E-state index in [0.29, 0.717) is 22.9 Å². The van der Waals surface area contributed by atoms with Gasteiger partial charge in [-0.1, -0.05) is 6.08 Å². The van der Waals surface area contributed by atoms with Gasteiger partial charge in [0.1, 0.15) is 17.1 Å². The number of amides is 2. The highest BCUT2D eigenvalue weighted by molar-refractivity contribution is 7.17. The molecular formula is C24H26F2N8O2S. The minimum absolute atomic E-state index is 0.0371. The van der Waals surface area contributed by atoms with E-state index in [1.807, 2.05) is 36.8 Å². The van der Waals surface area contributed by atoms with Crippen LogP contribution in [-0.2, 0) is 18.3 Å². The molecule has 2 saturated carbocycles. The van der Waals surface area contributed by atoms with Gasteiger partial charge in [0, 0.05) is 42.8 Å². The molecule has 1 unspecified atom stereocenters. The van der Waals surface area contributed by atoms with Crippen LogP contribution in [0.15, 0.2) is 18.5 Å². The quantitative estimate of drug-likeness (QED) is 0.429. The third-order valence-corrected chi connectivity index (χ3v) is 8.04. The van der Waals surface area contributed by atoms with Crippen LogP contribution in [0.3, 0.4) is 0 Å². The summed E-state index contributed by atoms with van der Waals surface area (Å²) in [7, 11) is 1.83. The minimum atomic E-state index is -2.74. The Morgan fingerprint density at radius 3 is 2.70 bits per heavy atom. The summed E-state index contributed by atoms with van der Waals surface area (Å²) in [5, 5.41) is 22.0. The zero-order valence-corrected chi connectivity index (χ0v) is 21.1. The molecule has 6 rings (SSSR count). The van der Waals surface area contributed by atoms with Gasteiger partial charge in [0.05, 0.1) is 17.3 Å². The first-order valence-electron chi connectivity index (χ1n) is 12.2. The van der Waals surface area contributed by atoms with Crippen molar-refractivity contribution in [3.05, 3.63) is 40.2 Å². The van der Waals surface area contributed by atoms with Crippen LogP contribution in [0.2, 0.25) is 0 Å². The first-order chi connectivity index (χ1) is 17.7. The molecule has 0 bridgehead atoms. The standard InChI is InChI=1S/C24H26F2N8O2S/c1-12-7-18(33(2)32-12)29-23-31-27-11-34(23)15-5-6-17-16(8-15)19(21(36)28-14-9-24(25,26)10-14)22(37-17)30-20(35)13-3-4-13/h5-7,11,13-15H,3-4,8-10H2,1-2H3,(H,28,36)(H,29,31)(H,30,35). The topological polar surface area (TPSA) is 119 Å². The molecule has 0 spiro atoms. The number of carbonyl (C=O) groups is 2. The number of rotatable bonds is 7. The summed E-state index contributed by atoms with van der Waals surface area (Å²) in [4.78, 5) is 26.7. The number of thiophene rings is 1. The Bertz CT molecular complexity index is 1410. The lowest BCUT2D eigenvalue weighted by molar-refractivity contribution is -0.117. The van der Waals surface area contributed by atoms with E-state index in [0.717, 1.165) is 34.8 Å². The molecule has 3 N–H and O–H groups in total. The first-order valence-corrected chi connectivity index (χ1v) is 13.0. The number of aromatic nitrogens is 5. The summed E-state index contributed by atoms with van der Waals surface area (Å²) in [5.41, 5.74) is 1.98. The van der Waals surface area contributed by atoms with Gasteiger partial charge in [0.15, 0.2) is 0 Å². The Hall–Kier alpha value is -3.61. The molecule has 3 aliphatic rings. The Balaban J connectivity index is 1.28. The molecule has 0 aromatic carbocycles. The predicted octanol–water partition coefficient (Wildman–Crippen LogP) is 3.81. The average molecular weight is 529 g/mol. The van der Waals surface area contributed by atoms with Gasteiger partial charge >= 0.3 is 0 Å². The van der Waals surface area contributed by atoms with Gasteiger partial charge in [0.2, 0.25) is 11.9 Å². The van der Waals surface area contributed by atoms with E-state index in [9.17, 15) is 18.4 Å². The van der Waals surface area contributed by atoms with Gasteiger partial charge in [-0.25, -0.2) is 8.78 Å². The van der Waals surface area contributed by atoms with Crippen LogP contribution in [0.25, 0.3) is 6.08 Å². The number of anilines is 3. The smallest absolute Gasteiger partial charge is 0.254 e. The van der Waals surface area contributed by atoms with Crippen LogP contribution < -0.4 is 16.0 Å². The number of nitrogens with zero attached hydrogens (tertiary/aromatic N) is 5. The fourth-order valence-corrected chi connectivity index (χ4v) is 5.96. The zero-order valence-electron chi connectivity index (χ0n) is 20.3. The number of fused-ring (bicyclic) bond motifs is 1. The van der Waals surface area contributed by atoms with E-state index in [2.05, 4.69) is 31.2 Å². The van der Waals surface area contributed by atoms with Gasteiger partial charge in [-0.05, 0) is 37.8 Å². The van der Waals surface area contributed by atoms with Gasteiger partial charge in [-0.2, -0.15) is 5.10 Å². The number of carbonyl (C=O) groups excluding carboxylic acids is 2. The summed E-state index contributed by atoms with van der Waals surface area (Å²) in [6.45, 7) is 1.90. The molecule has 13 heteroatoms. The molecule has 3 aromatic heterocycles. The van der Waals surface area contributed by atoms with Crippen molar-refractivity contribution in [3.8, 4) is 0 Å². The van der Waals surface area contributed by atoms with Gasteiger partial charge in [-0.15, -0.1) is 21.5 Å². The molecule has 2 fully saturated rings. The molecule has 3 aromatic rings. The molecule has 3 aliphatic carbocycles. The summed E-state index contributed by atoms with van der Waals surface area (Å²) >= 11 is 1.33. The molecule has 37 heavy (non-hydrogen) atoms. The van der Waals surface area contributed by atoms with Crippen molar-refractivity contribution in [2.45, 2.75) is 57.0 Å². The van der Waals surface area contributed by atoms with Crippen molar-refractivity contribution in [2.24, 2.45) is 13.0 Å². The number of allylic oxidation sites excluding steroid dienone is 1. The molecule has 10 nitrogen and oxygen atoms in total. The van der Waals surface area contributed by atoms with Gasteiger partial charge in [-0.3, -0.25) is 18.8 Å². The third-order valence-electron chi connectivity index (χ3n) is 6.93. The largest absolute Gasteiger partial charge is 0.349 e. The second kappa shape index (κ2) is 8.75. The monoisotopic (exact) mass is 528 g/mol. The van der Waals surface area contributed by atoms with Crippen molar-refractivity contribution >= 4 is 46.0 Å². The summed E-state index contributed by atoms with van der Waals surface area (Å²) < 4.78 is 30.4. The van der Waals surface area contributed by atoms with Crippen molar-refractivity contribution in [2.75, 3.05) is 10.6 Å². The highest BCUT2D eigenvalue weighted by Crippen LogP contribution is 2.43.